The first-order valence-electron chi connectivity index (χ1n) is 7.09. The fourth-order valence-electron chi connectivity index (χ4n) is 2.96. The Bertz CT molecular complexity index is 462. The van der Waals surface area contributed by atoms with Gasteiger partial charge in [-0.15, -0.1) is 11.8 Å². The lowest BCUT2D eigenvalue weighted by molar-refractivity contribution is -0.125. The van der Waals surface area contributed by atoms with Gasteiger partial charge in [0.1, 0.15) is 0 Å². The number of ether oxygens (including phenoxy) is 1. The summed E-state index contributed by atoms with van der Waals surface area (Å²) < 4.78 is 5.96. The van der Waals surface area contributed by atoms with E-state index in [9.17, 15) is 4.79 Å². The van der Waals surface area contributed by atoms with E-state index in [1.165, 1.54) is 30.6 Å². The van der Waals surface area contributed by atoms with Crippen LogP contribution in [0.1, 0.15) is 49.4 Å². The first-order valence-corrected chi connectivity index (χ1v) is 7.96. The fraction of sp³-hybridized carbons (Fsp3) is 0.562. The molecule has 1 aliphatic heterocycles. The first-order chi connectivity index (χ1) is 9.17. The highest BCUT2D eigenvalue weighted by Gasteiger charge is 2.42. The summed E-state index contributed by atoms with van der Waals surface area (Å²) in [4.78, 5) is 12.5. The summed E-state index contributed by atoms with van der Waals surface area (Å²) in [6.07, 6.45) is 6.14. The highest BCUT2D eigenvalue weighted by molar-refractivity contribution is 8.00. The van der Waals surface area contributed by atoms with Crippen LogP contribution in [0.15, 0.2) is 29.2 Å². The van der Waals surface area contributed by atoms with Crippen molar-refractivity contribution in [3.8, 4) is 0 Å². The minimum Gasteiger partial charge on any atom is -0.375 e. The van der Waals surface area contributed by atoms with Crippen molar-refractivity contribution >= 4 is 17.5 Å². The minimum atomic E-state index is 0.135. The minimum absolute atomic E-state index is 0.135. The van der Waals surface area contributed by atoms with E-state index in [1.54, 1.807) is 6.92 Å². The van der Waals surface area contributed by atoms with E-state index in [0.29, 0.717) is 5.25 Å². The number of Topliss-reactive ketones (excluding diaryl/α,β-unsaturated/α-hetero) is 1. The van der Waals surface area contributed by atoms with Gasteiger partial charge in [-0.3, -0.25) is 4.79 Å². The van der Waals surface area contributed by atoms with Crippen molar-refractivity contribution in [2.75, 3.05) is 6.61 Å². The van der Waals surface area contributed by atoms with Crippen molar-refractivity contribution in [2.24, 2.45) is 0 Å². The van der Waals surface area contributed by atoms with Crippen LogP contribution in [-0.2, 0) is 4.74 Å². The van der Waals surface area contributed by atoms with E-state index in [-0.39, 0.29) is 11.4 Å². The molecule has 1 saturated carbocycles. The molecule has 1 heterocycles. The predicted octanol–water partition coefficient (Wildman–Crippen LogP) is 4.08. The van der Waals surface area contributed by atoms with Crippen molar-refractivity contribution in [2.45, 2.75) is 54.8 Å². The van der Waals surface area contributed by atoms with Crippen LogP contribution in [0.4, 0.5) is 0 Å². The second-order valence-electron chi connectivity index (χ2n) is 5.70. The smallest absolute Gasteiger partial charge is 0.159 e. The zero-order valence-corrected chi connectivity index (χ0v) is 12.2. The third kappa shape index (κ3) is 2.87. The van der Waals surface area contributed by atoms with Crippen LogP contribution in [0.25, 0.3) is 0 Å². The molecule has 3 heteroatoms. The number of carbonyl (C=O) groups excluding carboxylic acids is 1. The van der Waals surface area contributed by atoms with Gasteiger partial charge >= 0.3 is 0 Å². The molecule has 2 fully saturated rings. The zero-order chi connectivity index (χ0) is 13.3. The predicted molar refractivity (Wildman–Crippen MR) is 77.9 cm³/mol. The Balaban J connectivity index is 1.62. The maximum Gasteiger partial charge on any atom is 0.159 e. The van der Waals surface area contributed by atoms with Gasteiger partial charge in [-0.05, 0) is 51.2 Å². The molecule has 0 aromatic heterocycles. The van der Waals surface area contributed by atoms with Crippen LogP contribution in [0.5, 0.6) is 0 Å². The molecule has 3 rings (SSSR count). The quantitative estimate of drug-likeness (QED) is 0.778. The lowest BCUT2D eigenvalue weighted by atomic mass is 9.75. The number of thioether (sulfide) groups is 1. The van der Waals surface area contributed by atoms with E-state index in [1.807, 2.05) is 23.9 Å². The van der Waals surface area contributed by atoms with Crippen LogP contribution < -0.4 is 0 Å². The van der Waals surface area contributed by atoms with Crippen LogP contribution >= 0.6 is 11.8 Å². The Morgan fingerprint density at radius 3 is 2.63 bits per heavy atom. The van der Waals surface area contributed by atoms with Gasteiger partial charge in [-0.2, -0.15) is 0 Å². The average Bonchev–Trinajstić information content (AvgIpc) is 2.38. The second kappa shape index (κ2) is 5.29. The molecule has 1 aromatic rings. The summed E-state index contributed by atoms with van der Waals surface area (Å²) in [5.74, 6) is 0.135. The standard InChI is InChI=1S/C16H20O2S/c1-12(17)13-3-5-14(6-4-13)19-15-7-10-18-16(11-15)8-2-9-16/h3-6,15H,2,7-11H2,1H3. The number of rotatable bonds is 3. The molecule has 0 bridgehead atoms. The monoisotopic (exact) mass is 276 g/mol. The Morgan fingerprint density at radius 2 is 2.05 bits per heavy atom. The summed E-state index contributed by atoms with van der Waals surface area (Å²) in [6, 6.07) is 8.01. The third-order valence-corrected chi connectivity index (χ3v) is 5.56. The molecule has 0 N–H and O–H groups in total. The Morgan fingerprint density at radius 1 is 1.32 bits per heavy atom. The van der Waals surface area contributed by atoms with E-state index in [4.69, 9.17) is 4.74 Å². The molecular weight excluding hydrogens is 256 g/mol. The SMILES string of the molecule is CC(=O)c1ccc(SC2CCOC3(CCC3)C2)cc1. The fourth-order valence-corrected chi connectivity index (χ4v) is 4.24. The molecule has 2 aliphatic rings. The second-order valence-corrected chi connectivity index (χ2v) is 7.07. The van der Waals surface area contributed by atoms with Crippen LogP contribution in [0, 0.1) is 0 Å². The Kier molecular flexibility index (Phi) is 3.68. The van der Waals surface area contributed by atoms with Gasteiger partial charge < -0.3 is 4.74 Å². The normalized spacial score (nSPS) is 25.0. The summed E-state index contributed by atoms with van der Waals surface area (Å²) in [5, 5.41) is 0.664. The molecule has 1 saturated heterocycles. The highest BCUT2D eigenvalue weighted by atomic mass is 32.2. The molecule has 19 heavy (non-hydrogen) atoms. The summed E-state index contributed by atoms with van der Waals surface area (Å²) in [5.41, 5.74) is 1.02. The molecule has 102 valence electrons. The molecule has 2 nitrogen and oxygen atoms in total. The number of benzene rings is 1. The number of hydrogen-bond donors (Lipinski definition) is 0. The van der Waals surface area contributed by atoms with E-state index < -0.39 is 0 Å². The van der Waals surface area contributed by atoms with Crippen molar-refractivity contribution < 1.29 is 9.53 Å². The van der Waals surface area contributed by atoms with Gasteiger partial charge in [0, 0.05) is 22.3 Å². The van der Waals surface area contributed by atoms with Crippen molar-refractivity contribution in [3.63, 3.8) is 0 Å². The number of ketones is 1. The van der Waals surface area contributed by atoms with Crippen LogP contribution in [0.2, 0.25) is 0 Å². The van der Waals surface area contributed by atoms with Gasteiger partial charge in [0.15, 0.2) is 5.78 Å². The molecule has 1 aromatic carbocycles. The lowest BCUT2D eigenvalue weighted by Gasteiger charge is -2.47. The Labute approximate surface area is 118 Å². The van der Waals surface area contributed by atoms with Gasteiger partial charge in [0.25, 0.3) is 0 Å². The third-order valence-electron chi connectivity index (χ3n) is 4.28. The summed E-state index contributed by atoms with van der Waals surface area (Å²) >= 11 is 1.95. The maximum absolute atomic E-state index is 11.3. The van der Waals surface area contributed by atoms with Crippen LogP contribution in [0.3, 0.4) is 0 Å². The highest BCUT2D eigenvalue weighted by Crippen LogP contribution is 2.46. The lowest BCUT2D eigenvalue weighted by Crippen LogP contribution is -2.46. The van der Waals surface area contributed by atoms with Crippen molar-refractivity contribution in [3.05, 3.63) is 29.8 Å². The molecule has 1 spiro atoms. The molecule has 0 amide bonds. The molecule has 1 unspecified atom stereocenters. The van der Waals surface area contributed by atoms with Gasteiger partial charge in [-0.25, -0.2) is 0 Å². The largest absolute Gasteiger partial charge is 0.375 e. The molecule has 1 aliphatic carbocycles. The van der Waals surface area contributed by atoms with E-state index in [0.717, 1.165) is 18.6 Å². The summed E-state index contributed by atoms with van der Waals surface area (Å²) in [6.45, 7) is 2.52. The zero-order valence-electron chi connectivity index (χ0n) is 11.4. The van der Waals surface area contributed by atoms with Gasteiger partial charge in [0.05, 0.1) is 5.60 Å². The van der Waals surface area contributed by atoms with Crippen LogP contribution in [-0.4, -0.2) is 23.2 Å². The Hall–Kier alpha value is -0.800. The number of carbonyl (C=O) groups is 1. The average molecular weight is 276 g/mol. The summed E-state index contributed by atoms with van der Waals surface area (Å²) in [7, 11) is 0. The topological polar surface area (TPSA) is 26.3 Å². The molecule has 0 radical (unpaired) electrons. The van der Waals surface area contributed by atoms with Crippen molar-refractivity contribution in [1.82, 2.24) is 0 Å². The number of hydrogen-bond acceptors (Lipinski definition) is 3. The van der Waals surface area contributed by atoms with Gasteiger partial charge in [-0.1, -0.05) is 12.1 Å². The van der Waals surface area contributed by atoms with E-state index >= 15 is 0 Å². The first kappa shape index (κ1) is 13.2. The maximum atomic E-state index is 11.3. The van der Waals surface area contributed by atoms with Crippen molar-refractivity contribution in [1.29, 1.82) is 0 Å². The molecular formula is C16H20O2S. The van der Waals surface area contributed by atoms with Gasteiger partial charge in [0.2, 0.25) is 0 Å². The molecule has 1 atom stereocenters. The van der Waals surface area contributed by atoms with E-state index in [2.05, 4.69) is 12.1 Å².